The molecule has 1 aromatic rings. The SMILES string of the molecule is COC(C)(C(=O)N1CCc2cc(Cl)cc(C3(C(C)(C)C)CCCN3C(=O)OC(C)(C)C)c2C1)C(F)(F)F. The van der Waals surface area contributed by atoms with Crippen LogP contribution in [0.15, 0.2) is 12.1 Å². The fourth-order valence-corrected chi connectivity index (χ4v) is 5.88. The smallest absolute Gasteiger partial charge is 0.426 e. The fraction of sp³-hybridized carbons (Fsp3) is 0.704. The van der Waals surface area contributed by atoms with Crippen molar-refractivity contribution in [2.45, 2.75) is 97.2 Å². The molecule has 2 aliphatic rings. The largest absolute Gasteiger partial charge is 0.444 e. The van der Waals surface area contributed by atoms with E-state index in [4.69, 9.17) is 21.1 Å². The van der Waals surface area contributed by atoms with Crippen molar-refractivity contribution in [3.8, 4) is 0 Å². The van der Waals surface area contributed by atoms with Crippen molar-refractivity contribution in [3.05, 3.63) is 33.8 Å². The summed E-state index contributed by atoms with van der Waals surface area (Å²) < 4.78 is 52.0. The Labute approximate surface area is 222 Å². The Kier molecular flexibility index (Phi) is 7.69. The van der Waals surface area contributed by atoms with Gasteiger partial charge in [-0.2, -0.15) is 13.2 Å². The summed E-state index contributed by atoms with van der Waals surface area (Å²) in [4.78, 5) is 29.6. The molecule has 1 fully saturated rings. The first-order valence-corrected chi connectivity index (χ1v) is 12.9. The van der Waals surface area contributed by atoms with E-state index in [2.05, 4.69) is 0 Å². The number of carbonyl (C=O) groups is 2. The molecule has 6 nitrogen and oxygen atoms in total. The zero-order valence-electron chi connectivity index (χ0n) is 22.9. The van der Waals surface area contributed by atoms with Crippen LogP contribution in [0.25, 0.3) is 0 Å². The minimum atomic E-state index is -4.88. The molecule has 0 saturated carbocycles. The maximum Gasteiger partial charge on any atom is 0.426 e. The Morgan fingerprint density at radius 1 is 1.03 bits per heavy atom. The van der Waals surface area contributed by atoms with Gasteiger partial charge in [0.1, 0.15) is 5.60 Å². The monoisotopic (exact) mass is 546 g/mol. The van der Waals surface area contributed by atoms with Crippen LogP contribution >= 0.6 is 11.6 Å². The second-order valence-corrected chi connectivity index (χ2v) is 12.6. The number of likely N-dealkylation sites (tertiary alicyclic amines) is 1. The van der Waals surface area contributed by atoms with Gasteiger partial charge in [-0.05, 0) is 81.2 Å². The van der Waals surface area contributed by atoms with Crippen molar-refractivity contribution < 1.29 is 32.2 Å². The van der Waals surface area contributed by atoms with E-state index < -0.39 is 40.3 Å². The fourth-order valence-electron chi connectivity index (χ4n) is 5.64. The predicted molar refractivity (Wildman–Crippen MR) is 135 cm³/mol. The second-order valence-electron chi connectivity index (χ2n) is 12.1. The van der Waals surface area contributed by atoms with Crippen LogP contribution < -0.4 is 0 Å². The van der Waals surface area contributed by atoms with Crippen molar-refractivity contribution in [1.82, 2.24) is 9.80 Å². The van der Waals surface area contributed by atoms with Crippen LogP contribution in [0.5, 0.6) is 0 Å². The third-order valence-electron chi connectivity index (χ3n) is 7.63. The number of methoxy groups -OCH3 is 1. The Bertz CT molecular complexity index is 1060. The summed E-state index contributed by atoms with van der Waals surface area (Å²) in [5, 5.41) is 0.477. The number of alkyl halides is 3. The standard InChI is InChI=1S/C27H38ClF3N2O4/c1-23(2,3)26(11-9-12-33(26)22(35)37-24(4,5)6)20-15-18(28)14-17-10-13-32(16-19(17)20)21(34)25(7,36-8)27(29,30)31/h14-15H,9-13,16H2,1-8H3. The molecule has 10 heteroatoms. The number of halogens is 4. The molecule has 37 heavy (non-hydrogen) atoms. The Balaban J connectivity index is 2.16. The first-order chi connectivity index (χ1) is 16.8. The molecular weight excluding hydrogens is 509 g/mol. The lowest BCUT2D eigenvalue weighted by Crippen LogP contribution is -2.58. The molecule has 1 aromatic carbocycles. The van der Waals surface area contributed by atoms with Gasteiger partial charge in [-0.25, -0.2) is 4.79 Å². The van der Waals surface area contributed by atoms with Gasteiger partial charge in [-0.15, -0.1) is 0 Å². The number of ether oxygens (including phenoxy) is 2. The molecule has 0 aromatic heterocycles. The molecule has 3 rings (SSSR count). The van der Waals surface area contributed by atoms with Gasteiger partial charge < -0.3 is 14.4 Å². The van der Waals surface area contributed by atoms with Gasteiger partial charge in [0.25, 0.3) is 5.91 Å². The first-order valence-electron chi connectivity index (χ1n) is 12.5. The highest BCUT2D eigenvalue weighted by Gasteiger charge is 2.60. The lowest BCUT2D eigenvalue weighted by molar-refractivity contribution is -0.258. The molecule has 2 amide bonds. The van der Waals surface area contributed by atoms with E-state index in [0.29, 0.717) is 24.4 Å². The van der Waals surface area contributed by atoms with Crippen LogP contribution in [0.1, 0.15) is 78.0 Å². The lowest BCUT2D eigenvalue weighted by Gasteiger charge is -2.50. The number of fused-ring (bicyclic) bond motifs is 1. The maximum absolute atomic E-state index is 13.8. The van der Waals surface area contributed by atoms with Gasteiger partial charge in [-0.3, -0.25) is 9.69 Å². The molecular formula is C27H38ClF3N2O4. The topological polar surface area (TPSA) is 59.1 Å². The van der Waals surface area contributed by atoms with E-state index in [1.54, 1.807) is 37.8 Å². The molecule has 2 atom stereocenters. The van der Waals surface area contributed by atoms with Crippen molar-refractivity contribution in [3.63, 3.8) is 0 Å². The van der Waals surface area contributed by atoms with Gasteiger partial charge in [-0.1, -0.05) is 32.4 Å². The minimum absolute atomic E-state index is 0.0459. The number of amides is 2. The van der Waals surface area contributed by atoms with Gasteiger partial charge in [0.05, 0.1) is 5.54 Å². The van der Waals surface area contributed by atoms with Gasteiger partial charge >= 0.3 is 12.3 Å². The summed E-state index contributed by atoms with van der Waals surface area (Å²) in [7, 11) is 0.889. The molecule has 208 valence electrons. The third kappa shape index (κ3) is 5.18. The zero-order chi connectivity index (χ0) is 28.2. The molecule has 0 aliphatic carbocycles. The first kappa shape index (κ1) is 29.6. The molecule has 2 heterocycles. The number of carbonyl (C=O) groups excluding carboxylic acids is 2. The van der Waals surface area contributed by atoms with Crippen LogP contribution in [0.3, 0.4) is 0 Å². The Hall–Kier alpha value is -2.00. The minimum Gasteiger partial charge on any atom is -0.444 e. The van der Waals surface area contributed by atoms with Crippen LogP contribution in [0.2, 0.25) is 5.02 Å². The van der Waals surface area contributed by atoms with Crippen LogP contribution in [0, 0.1) is 5.41 Å². The average molecular weight is 547 g/mol. The average Bonchev–Trinajstić information content (AvgIpc) is 3.21. The molecule has 0 spiro atoms. The van der Waals surface area contributed by atoms with Crippen molar-refractivity contribution in [2.75, 3.05) is 20.2 Å². The maximum atomic E-state index is 13.8. The van der Waals surface area contributed by atoms with Gasteiger partial charge in [0, 0.05) is 31.8 Å². The number of benzene rings is 1. The van der Waals surface area contributed by atoms with Gasteiger partial charge in [0.2, 0.25) is 5.60 Å². The predicted octanol–water partition coefficient (Wildman–Crippen LogP) is 6.46. The molecule has 2 unspecified atom stereocenters. The molecule has 0 N–H and O–H groups in total. The summed E-state index contributed by atoms with van der Waals surface area (Å²) in [5.74, 6) is -1.14. The van der Waals surface area contributed by atoms with E-state index >= 15 is 0 Å². The number of hydrogen-bond donors (Lipinski definition) is 0. The molecule has 0 radical (unpaired) electrons. The van der Waals surface area contributed by atoms with Crippen LogP contribution in [-0.4, -0.2) is 59.4 Å². The second kappa shape index (κ2) is 9.63. The zero-order valence-corrected chi connectivity index (χ0v) is 23.7. The summed E-state index contributed by atoms with van der Waals surface area (Å²) >= 11 is 6.58. The molecule has 0 bridgehead atoms. The molecule has 2 aliphatic heterocycles. The van der Waals surface area contributed by atoms with E-state index in [1.165, 1.54) is 4.90 Å². The van der Waals surface area contributed by atoms with E-state index in [9.17, 15) is 22.8 Å². The van der Waals surface area contributed by atoms with Gasteiger partial charge in [0.15, 0.2) is 0 Å². The van der Waals surface area contributed by atoms with Crippen molar-refractivity contribution in [2.24, 2.45) is 5.41 Å². The Morgan fingerprint density at radius 3 is 2.16 bits per heavy atom. The van der Waals surface area contributed by atoms with E-state index in [-0.39, 0.29) is 13.1 Å². The highest BCUT2D eigenvalue weighted by Crippen LogP contribution is 2.54. The summed E-state index contributed by atoms with van der Waals surface area (Å²) in [6.45, 7) is 12.8. The molecule has 1 saturated heterocycles. The van der Waals surface area contributed by atoms with Crippen LogP contribution in [0.4, 0.5) is 18.0 Å². The summed E-state index contributed by atoms with van der Waals surface area (Å²) in [6, 6.07) is 3.59. The van der Waals surface area contributed by atoms with E-state index in [1.807, 2.05) is 20.8 Å². The van der Waals surface area contributed by atoms with Crippen LogP contribution in [-0.2, 0) is 32.8 Å². The van der Waals surface area contributed by atoms with Crippen molar-refractivity contribution in [1.29, 1.82) is 0 Å². The third-order valence-corrected chi connectivity index (χ3v) is 7.85. The normalized spacial score (nSPS) is 22.5. The quantitative estimate of drug-likeness (QED) is 0.436. The van der Waals surface area contributed by atoms with Crippen molar-refractivity contribution >= 4 is 23.6 Å². The number of nitrogens with zero attached hydrogens (tertiary/aromatic N) is 2. The summed E-state index contributed by atoms with van der Waals surface area (Å²) in [5.41, 5.74) is -2.68. The lowest BCUT2D eigenvalue weighted by atomic mass is 9.65. The van der Waals surface area contributed by atoms with E-state index in [0.717, 1.165) is 37.1 Å². The number of hydrogen-bond acceptors (Lipinski definition) is 4. The highest BCUT2D eigenvalue weighted by atomic mass is 35.5. The number of rotatable bonds is 3. The summed E-state index contributed by atoms with van der Waals surface area (Å²) in [6.07, 6.45) is -3.67. The Morgan fingerprint density at radius 2 is 1.65 bits per heavy atom. The highest BCUT2D eigenvalue weighted by molar-refractivity contribution is 6.30.